The monoisotopic (exact) mass is 366 g/mol. The fourth-order valence-electron chi connectivity index (χ4n) is 3.72. The van der Waals surface area contributed by atoms with Crippen molar-refractivity contribution in [2.24, 2.45) is 5.92 Å². The summed E-state index contributed by atoms with van der Waals surface area (Å²) in [7, 11) is 0. The van der Waals surface area contributed by atoms with Gasteiger partial charge in [-0.3, -0.25) is 4.79 Å². The van der Waals surface area contributed by atoms with Crippen molar-refractivity contribution >= 4 is 17.5 Å². The molecule has 2 aromatic rings. The number of nitrogens with one attached hydrogen (secondary N) is 1. The van der Waals surface area contributed by atoms with Crippen LogP contribution in [0.25, 0.3) is 0 Å². The number of para-hydroxylation sites is 1. The molecule has 0 saturated carbocycles. The third-order valence-electron chi connectivity index (χ3n) is 5.32. The van der Waals surface area contributed by atoms with Gasteiger partial charge in [0.1, 0.15) is 0 Å². The number of piperidine rings is 1. The van der Waals surface area contributed by atoms with Crippen molar-refractivity contribution in [3.8, 4) is 0 Å². The average molecular weight is 367 g/mol. The molecule has 1 aromatic heterocycles. The van der Waals surface area contributed by atoms with Gasteiger partial charge in [-0.1, -0.05) is 45.9 Å². The Morgan fingerprint density at radius 1 is 1.00 bits per heavy atom. The maximum absolute atomic E-state index is 13.0. The second-order valence-electron chi connectivity index (χ2n) is 7.92. The van der Waals surface area contributed by atoms with Gasteiger partial charge in [0.05, 0.1) is 0 Å². The smallest absolute Gasteiger partial charge is 0.227 e. The largest absolute Gasteiger partial charge is 0.341 e. The van der Waals surface area contributed by atoms with Gasteiger partial charge in [-0.05, 0) is 41.9 Å². The molecule has 1 aromatic carbocycles. The Labute approximate surface area is 162 Å². The zero-order valence-corrected chi connectivity index (χ0v) is 16.8. The first-order valence-corrected chi connectivity index (χ1v) is 9.93. The lowest BCUT2D eigenvalue weighted by Crippen LogP contribution is -2.39. The maximum Gasteiger partial charge on any atom is 0.227 e. The highest BCUT2D eigenvalue weighted by molar-refractivity contribution is 5.94. The van der Waals surface area contributed by atoms with E-state index in [4.69, 9.17) is 0 Å². The van der Waals surface area contributed by atoms with Gasteiger partial charge in [-0.15, -0.1) is 0 Å². The van der Waals surface area contributed by atoms with Crippen LogP contribution in [0.4, 0.5) is 11.6 Å². The summed E-state index contributed by atoms with van der Waals surface area (Å²) in [6.07, 6.45) is 5.17. The lowest BCUT2D eigenvalue weighted by Gasteiger charge is -2.31. The molecule has 1 saturated heterocycles. The fourth-order valence-corrected chi connectivity index (χ4v) is 3.72. The van der Waals surface area contributed by atoms with Gasteiger partial charge >= 0.3 is 0 Å². The van der Waals surface area contributed by atoms with E-state index in [0.717, 1.165) is 37.6 Å². The number of nitrogens with zero attached hydrogens (tertiary/aromatic N) is 3. The van der Waals surface area contributed by atoms with E-state index in [2.05, 4.69) is 66.1 Å². The van der Waals surface area contributed by atoms with Crippen molar-refractivity contribution in [3.63, 3.8) is 0 Å². The second kappa shape index (κ2) is 8.51. The summed E-state index contributed by atoms with van der Waals surface area (Å²) in [5.74, 6) is 1.67. The number of hydrogen-bond acceptors (Lipinski definition) is 4. The van der Waals surface area contributed by atoms with Crippen LogP contribution in [0.1, 0.15) is 63.5 Å². The Morgan fingerprint density at radius 3 is 2.07 bits per heavy atom. The molecular formula is C22H30N4O. The summed E-state index contributed by atoms with van der Waals surface area (Å²) in [6.45, 7) is 10.3. The van der Waals surface area contributed by atoms with Gasteiger partial charge in [-0.25, -0.2) is 9.97 Å². The van der Waals surface area contributed by atoms with Crippen molar-refractivity contribution in [2.75, 3.05) is 23.3 Å². The van der Waals surface area contributed by atoms with Gasteiger partial charge in [0.2, 0.25) is 11.9 Å². The number of aromatic nitrogens is 2. The molecule has 5 nitrogen and oxygen atoms in total. The first-order valence-electron chi connectivity index (χ1n) is 9.93. The summed E-state index contributed by atoms with van der Waals surface area (Å²) in [4.78, 5) is 23.8. The molecule has 5 heteroatoms. The summed E-state index contributed by atoms with van der Waals surface area (Å²) in [5.41, 5.74) is 3.44. The predicted molar refractivity (Wildman–Crippen MR) is 110 cm³/mol. The van der Waals surface area contributed by atoms with Crippen LogP contribution < -0.4 is 10.2 Å². The lowest BCUT2D eigenvalue weighted by atomic mass is 9.91. The first kappa shape index (κ1) is 19.3. The fraction of sp³-hybridized carbons (Fsp3) is 0.500. The predicted octanol–water partition coefficient (Wildman–Crippen LogP) is 4.58. The number of amides is 1. The highest BCUT2D eigenvalue weighted by atomic mass is 16.1. The van der Waals surface area contributed by atoms with Crippen LogP contribution in [0.2, 0.25) is 0 Å². The normalized spacial score (nSPS) is 15.4. The molecule has 27 heavy (non-hydrogen) atoms. The maximum atomic E-state index is 13.0. The molecular weight excluding hydrogens is 336 g/mol. The van der Waals surface area contributed by atoms with Crippen LogP contribution in [-0.2, 0) is 4.79 Å². The van der Waals surface area contributed by atoms with E-state index in [-0.39, 0.29) is 11.8 Å². The summed E-state index contributed by atoms with van der Waals surface area (Å²) >= 11 is 0. The summed E-state index contributed by atoms with van der Waals surface area (Å²) in [5, 5.41) is 3.28. The number of benzene rings is 1. The summed E-state index contributed by atoms with van der Waals surface area (Å²) in [6, 6.07) is 8.17. The molecule has 0 spiro atoms. The molecule has 1 amide bonds. The molecule has 144 valence electrons. The highest BCUT2D eigenvalue weighted by Gasteiger charge is 2.27. The third kappa shape index (κ3) is 4.46. The molecule has 1 N–H and O–H groups in total. The Morgan fingerprint density at radius 2 is 1.56 bits per heavy atom. The number of carbonyl (C=O) groups excluding carboxylic acids is 1. The minimum atomic E-state index is 0.0326. The Bertz CT molecular complexity index is 739. The molecule has 1 aliphatic rings. The van der Waals surface area contributed by atoms with Gasteiger partial charge < -0.3 is 10.2 Å². The third-order valence-corrected chi connectivity index (χ3v) is 5.32. The minimum absolute atomic E-state index is 0.0326. The molecule has 2 heterocycles. The average Bonchev–Trinajstić information content (AvgIpc) is 2.68. The van der Waals surface area contributed by atoms with E-state index in [9.17, 15) is 4.79 Å². The first-order chi connectivity index (χ1) is 13.0. The van der Waals surface area contributed by atoms with Crippen LogP contribution in [0.15, 0.2) is 36.7 Å². The van der Waals surface area contributed by atoms with Crippen LogP contribution in [0.5, 0.6) is 0 Å². The molecule has 0 bridgehead atoms. The zero-order valence-electron chi connectivity index (χ0n) is 16.8. The SMILES string of the molecule is CC(C)c1cccc(C(C)C)c1NC(=O)C1CCN(c2ncccn2)CC1. The van der Waals surface area contributed by atoms with E-state index in [1.54, 1.807) is 12.4 Å². The van der Waals surface area contributed by atoms with Crippen molar-refractivity contribution < 1.29 is 4.79 Å². The van der Waals surface area contributed by atoms with E-state index >= 15 is 0 Å². The van der Waals surface area contributed by atoms with Gasteiger partial charge in [0.25, 0.3) is 0 Å². The number of anilines is 2. The number of rotatable bonds is 5. The van der Waals surface area contributed by atoms with Gasteiger partial charge in [0, 0.05) is 37.1 Å². The van der Waals surface area contributed by atoms with Crippen LogP contribution in [0.3, 0.4) is 0 Å². The second-order valence-corrected chi connectivity index (χ2v) is 7.92. The molecule has 0 aliphatic carbocycles. The van der Waals surface area contributed by atoms with Crippen LogP contribution in [-0.4, -0.2) is 29.0 Å². The Balaban J connectivity index is 1.70. The van der Waals surface area contributed by atoms with Gasteiger partial charge in [-0.2, -0.15) is 0 Å². The van der Waals surface area contributed by atoms with Crippen molar-refractivity contribution in [3.05, 3.63) is 47.8 Å². The van der Waals surface area contributed by atoms with Crippen molar-refractivity contribution in [2.45, 2.75) is 52.4 Å². The molecule has 0 unspecified atom stereocenters. The number of carbonyl (C=O) groups is 1. The Kier molecular flexibility index (Phi) is 6.09. The van der Waals surface area contributed by atoms with Crippen molar-refractivity contribution in [1.29, 1.82) is 0 Å². The molecule has 3 rings (SSSR count). The van der Waals surface area contributed by atoms with Crippen molar-refractivity contribution in [1.82, 2.24) is 9.97 Å². The van der Waals surface area contributed by atoms with Crippen LogP contribution in [0, 0.1) is 5.92 Å². The van der Waals surface area contributed by atoms with E-state index < -0.39 is 0 Å². The quantitative estimate of drug-likeness (QED) is 0.841. The number of hydrogen-bond donors (Lipinski definition) is 1. The minimum Gasteiger partial charge on any atom is -0.341 e. The summed E-state index contributed by atoms with van der Waals surface area (Å²) < 4.78 is 0. The van der Waals surface area contributed by atoms with E-state index in [1.807, 2.05) is 6.07 Å². The lowest BCUT2D eigenvalue weighted by molar-refractivity contribution is -0.120. The molecule has 0 radical (unpaired) electrons. The van der Waals surface area contributed by atoms with Gasteiger partial charge in [0.15, 0.2) is 0 Å². The molecule has 0 atom stereocenters. The molecule has 1 aliphatic heterocycles. The molecule has 1 fully saturated rings. The van der Waals surface area contributed by atoms with Crippen LogP contribution >= 0.6 is 0 Å². The Hall–Kier alpha value is -2.43. The van der Waals surface area contributed by atoms with E-state index in [0.29, 0.717) is 11.8 Å². The van der Waals surface area contributed by atoms with E-state index in [1.165, 1.54) is 11.1 Å². The highest BCUT2D eigenvalue weighted by Crippen LogP contribution is 2.33. The topological polar surface area (TPSA) is 58.1 Å². The standard InChI is InChI=1S/C22H30N4O/c1-15(2)18-7-5-8-19(16(3)4)20(18)25-21(27)17-9-13-26(14-10-17)22-23-11-6-12-24-22/h5-8,11-12,15-17H,9-10,13-14H2,1-4H3,(H,25,27). The zero-order chi connectivity index (χ0) is 19.4.